The summed E-state index contributed by atoms with van der Waals surface area (Å²) in [7, 11) is 0. The standard InChI is InChI=1S/C24H22N4O3/c1-15(2)27-11-12-28-20(26-23(30)22(29)21(28)24(27)31)13-18-5-3-4-6-19(18)17-9-7-16(14-25)8-10-17/h3-10,15,29H,11-13H2,1-2H3. The molecule has 4 rings (SSSR count). The van der Waals surface area contributed by atoms with Crippen LogP contribution >= 0.6 is 0 Å². The van der Waals surface area contributed by atoms with E-state index >= 15 is 0 Å². The summed E-state index contributed by atoms with van der Waals surface area (Å²) in [5, 5.41) is 19.4. The predicted molar refractivity (Wildman–Crippen MR) is 116 cm³/mol. The molecule has 0 aliphatic carbocycles. The van der Waals surface area contributed by atoms with E-state index in [2.05, 4.69) is 11.1 Å². The highest BCUT2D eigenvalue weighted by Crippen LogP contribution is 2.27. The van der Waals surface area contributed by atoms with E-state index in [1.807, 2.05) is 50.2 Å². The van der Waals surface area contributed by atoms with Gasteiger partial charge in [-0.2, -0.15) is 10.2 Å². The molecule has 0 spiro atoms. The number of hydrogen-bond acceptors (Lipinski definition) is 5. The Morgan fingerprint density at radius 1 is 1.10 bits per heavy atom. The molecule has 0 unspecified atom stereocenters. The molecule has 3 aromatic rings. The van der Waals surface area contributed by atoms with Crippen molar-refractivity contribution in [2.45, 2.75) is 32.9 Å². The largest absolute Gasteiger partial charge is 0.501 e. The number of carbonyl (C=O) groups excluding carboxylic acids is 1. The lowest BCUT2D eigenvalue weighted by atomic mass is 9.96. The van der Waals surface area contributed by atoms with Gasteiger partial charge in [0.15, 0.2) is 5.69 Å². The number of benzene rings is 2. The zero-order valence-electron chi connectivity index (χ0n) is 17.4. The summed E-state index contributed by atoms with van der Waals surface area (Å²) >= 11 is 0. The Labute approximate surface area is 179 Å². The van der Waals surface area contributed by atoms with Crippen LogP contribution in [-0.2, 0) is 13.0 Å². The van der Waals surface area contributed by atoms with Crippen LogP contribution in [0.25, 0.3) is 11.1 Å². The normalized spacial score (nSPS) is 13.2. The first kappa shape index (κ1) is 20.4. The monoisotopic (exact) mass is 414 g/mol. The lowest BCUT2D eigenvalue weighted by Gasteiger charge is -2.34. The fraction of sp³-hybridized carbons (Fsp3) is 0.250. The molecule has 31 heavy (non-hydrogen) atoms. The van der Waals surface area contributed by atoms with Crippen molar-refractivity contribution in [2.24, 2.45) is 0 Å². The number of nitriles is 1. The second kappa shape index (κ2) is 8.07. The zero-order valence-corrected chi connectivity index (χ0v) is 17.4. The number of aromatic hydroxyl groups is 1. The van der Waals surface area contributed by atoms with Gasteiger partial charge in [-0.3, -0.25) is 9.59 Å². The van der Waals surface area contributed by atoms with E-state index in [0.29, 0.717) is 30.9 Å². The van der Waals surface area contributed by atoms with E-state index in [1.165, 1.54) is 0 Å². The fourth-order valence-corrected chi connectivity index (χ4v) is 3.97. The molecule has 7 heteroatoms. The third-order valence-electron chi connectivity index (χ3n) is 5.58. The topological polar surface area (TPSA) is 99.2 Å². The van der Waals surface area contributed by atoms with E-state index in [4.69, 9.17) is 5.26 Å². The van der Waals surface area contributed by atoms with Gasteiger partial charge < -0.3 is 14.6 Å². The van der Waals surface area contributed by atoms with Gasteiger partial charge in [0, 0.05) is 25.6 Å². The van der Waals surface area contributed by atoms with Crippen molar-refractivity contribution in [3.05, 3.63) is 81.5 Å². The Balaban J connectivity index is 1.79. The lowest BCUT2D eigenvalue weighted by molar-refractivity contribution is 0.0638. The predicted octanol–water partition coefficient (Wildman–Crippen LogP) is 2.94. The van der Waals surface area contributed by atoms with Gasteiger partial charge >= 0.3 is 5.56 Å². The summed E-state index contributed by atoms with van der Waals surface area (Å²) in [5.74, 6) is -0.519. The minimum absolute atomic E-state index is 0.00537. The second-order valence-corrected chi connectivity index (χ2v) is 7.80. The van der Waals surface area contributed by atoms with Crippen LogP contribution in [0.3, 0.4) is 0 Å². The summed E-state index contributed by atoms with van der Waals surface area (Å²) in [5.41, 5.74) is 2.61. The molecule has 0 saturated heterocycles. The van der Waals surface area contributed by atoms with Gasteiger partial charge in [-0.05, 0) is 42.7 Å². The molecule has 2 heterocycles. The van der Waals surface area contributed by atoms with Gasteiger partial charge in [0.05, 0.1) is 11.6 Å². The summed E-state index contributed by atoms with van der Waals surface area (Å²) in [6, 6.07) is 17.1. The molecular formula is C24H22N4O3. The quantitative estimate of drug-likeness (QED) is 0.708. The first-order valence-electron chi connectivity index (χ1n) is 10.1. The molecular weight excluding hydrogens is 392 g/mol. The Morgan fingerprint density at radius 2 is 1.81 bits per heavy atom. The summed E-state index contributed by atoms with van der Waals surface area (Å²) < 4.78 is 1.66. The smallest absolute Gasteiger partial charge is 0.315 e. The summed E-state index contributed by atoms with van der Waals surface area (Å²) in [6.07, 6.45) is 0.327. The molecule has 0 saturated carbocycles. The van der Waals surface area contributed by atoms with Crippen molar-refractivity contribution < 1.29 is 9.90 Å². The number of rotatable bonds is 4. The molecule has 0 bridgehead atoms. The van der Waals surface area contributed by atoms with Crippen LogP contribution in [0.4, 0.5) is 0 Å². The van der Waals surface area contributed by atoms with Crippen molar-refractivity contribution >= 4 is 5.91 Å². The van der Waals surface area contributed by atoms with Gasteiger partial charge in [-0.1, -0.05) is 36.4 Å². The van der Waals surface area contributed by atoms with Crippen LogP contribution in [0.15, 0.2) is 53.3 Å². The molecule has 0 radical (unpaired) electrons. The number of nitrogens with zero attached hydrogens (tertiary/aromatic N) is 4. The molecule has 156 valence electrons. The molecule has 1 aliphatic rings. The summed E-state index contributed by atoms with van der Waals surface area (Å²) in [4.78, 5) is 31.0. The van der Waals surface area contributed by atoms with Gasteiger partial charge in [0.1, 0.15) is 5.82 Å². The molecule has 1 N–H and O–H groups in total. The molecule has 2 aromatic carbocycles. The van der Waals surface area contributed by atoms with Gasteiger partial charge in [0.25, 0.3) is 5.91 Å². The zero-order chi connectivity index (χ0) is 22.1. The molecule has 1 aliphatic heterocycles. The second-order valence-electron chi connectivity index (χ2n) is 7.80. The number of amides is 1. The van der Waals surface area contributed by atoms with Crippen molar-refractivity contribution in [2.75, 3.05) is 6.54 Å². The average Bonchev–Trinajstić information content (AvgIpc) is 2.77. The minimum Gasteiger partial charge on any atom is -0.501 e. The number of fused-ring (bicyclic) bond motifs is 1. The summed E-state index contributed by atoms with van der Waals surface area (Å²) in [6.45, 7) is 4.74. The highest BCUT2D eigenvalue weighted by atomic mass is 16.3. The van der Waals surface area contributed by atoms with Crippen LogP contribution in [0.5, 0.6) is 5.75 Å². The van der Waals surface area contributed by atoms with Crippen LogP contribution in [0, 0.1) is 11.3 Å². The fourth-order valence-electron chi connectivity index (χ4n) is 3.97. The SMILES string of the molecule is CC(C)N1CCn2c(Cc3ccccc3-c3ccc(C#N)cc3)nc(=O)c(O)c2C1=O. The van der Waals surface area contributed by atoms with E-state index in [1.54, 1.807) is 21.6 Å². The Kier molecular flexibility index (Phi) is 5.30. The van der Waals surface area contributed by atoms with E-state index in [-0.39, 0.29) is 17.6 Å². The maximum absolute atomic E-state index is 12.9. The van der Waals surface area contributed by atoms with Crippen molar-refractivity contribution in [1.82, 2.24) is 14.5 Å². The average molecular weight is 414 g/mol. The van der Waals surface area contributed by atoms with Crippen LogP contribution < -0.4 is 5.56 Å². The van der Waals surface area contributed by atoms with Crippen molar-refractivity contribution in [3.8, 4) is 22.9 Å². The number of aromatic nitrogens is 2. The molecule has 0 fully saturated rings. The Morgan fingerprint density at radius 3 is 2.48 bits per heavy atom. The van der Waals surface area contributed by atoms with Crippen LogP contribution in [0.1, 0.15) is 41.3 Å². The van der Waals surface area contributed by atoms with Gasteiger partial charge in [-0.25, -0.2) is 0 Å². The maximum atomic E-state index is 12.9. The van der Waals surface area contributed by atoms with Crippen LogP contribution in [-0.4, -0.2) is 38.1 Å². The van der Waals surface area contributed by atoms with Gasteiger partial charge in [0.2, 0.25) is 5.75 Å². The third-order valence-corrected chi connectivity index (χ3v) is 5.58. The Bertz CT molecular complexity index is 1250. The van der Waals surface area contributed by atoms with Crippen molar-refractivity contribution in [1.29, 1.82) is 5.26 Å². The minimum atomic E-state index is -0.795. The molecule has 1 amide bonds. The van der Waals surface area contributed by atoms with E-state index < -0.39 is 11.3 Å². The Hall–Kier alpha value is -3.92. The maximum Gasteiger partial charge on any atom is 0.315 e. The first-order valence-corrected chi connectivity index (χ1v) is 10.1. The number of carbonyl (C=O) groups is 1. The van der Waals surface area contributed by atoms with Crippen LogP contribution in [0.2, 0.25) is 0 Å². The van der Waals surface area contributed by atoms with E-state index in [9.17, 15) is 14.7 Å². The number of hydrogen-bond donors (Lipinski definition) is 1. The third kappa shape index (κ3) is 3.68. The lowest BCUT2D eigenvalue weighted by Crippen LogP contribution is -2.46. The molecule has 7 nitrogen and oxygen atoms in total. The molecule has 0 atom stereocenters. The molecule has 1 aromatic heterocycles. The highest BCUT2D eigenvalue weighted by molar-refractivity contribution is 5.95. The highest BCUT2D eigenvalue weighted by Gasteiger charge is 2.32. The van der Waals surface area contributed by atoms with Crippen molar-refractivity contribution in [3.63, 3.8) is 0 Å². The van der Waals surface area contributed by atoms with E-state index in [0.717, 1.165) is 16.7 Å². The van der Waals surface area contributed by atoms with Gasteiger partial charge in [-0.15, -0.1) is 0 Å². The first-order chi connectivity index (χ1) is 14.9.